The molecule has 2 unspecified atom stereocenters. The van der Waals surface area contributed by atoms with E-state index in [2.05, 4.69) is 42.6 Å². The Morgan fingerprint density at radius 3 is 2.57 bits per heavy atom. The van der Waals surface area contributed by atoms with Crippen molar-refractivity contribution in [3.8, 4) is 0 Å². The summed E-state index contributed by atoms with van der Waals surface area (Å²) >= 11 is 1.76. The van der Waals surface area contributed by atoms with Gasteiger partial charge in [0.1, 0.15) is 13.2 Å². The van der Waals surface area contributed by atoms with E-state index in [0.29, 0.717) is 13.2 Å². The third-order valence-electron chi connectivity index (χ3n) is 6.77. The minimum Gasteiger partial charge on any atom is -0.367 e. The van der Waals surface area contributed by atoms with Gasteiger partial charge >= 0.3 is 0 Å². The fraction of sp³-hybridized carbons (Fsp3) is 0.379. The fourth-order valence-corrected chi connectivity index (χ4v) is 5.46. The van der Waals surface area contributed by atoms with E-state index >= 15 is 0 Å². The van der Waals surface area contributed by atoms with Crippen LogP contribution in [0.4, 0.5) is 0 Å². The van der Waals surface area contributed by atoms with Crippen molar-refractivity contribution in [3.05, 3.63) is 93.2 Å². The number of fused-ring (bicyclic) bond motifs is 1. The molecule has 0 radical (unpaired) electrons. The second-order valence-electron chi connectivity index (χ2n) is 9.21. The van der Waals surface area contributed by atoms with Crippen LogP contribution in [-0.4, -0.2) is 47.4 Å². The van der Waals surface area contributed by atoms with Crippen LogP contribution in [0.25, 0.3) is 0 Å². The van der Waals surface area contributed by atoms with Crippen LogP contribution < -0.4 is 0 Å². The summed E-state index contributed by atoms with van der Waals surface area (Å²) in [6.45, 7) is 7.14. The van der Waals surface area contributed by atoms with Gasteiger partial charge in [0.15, 0.2) is 0 Å². The predicted molar refractivity (Wildman–Crippen MR) is 140 cm³/mol. The number of hydrogen-bond acceptors (Lipinski definition) is 4. The quantitative estimate of drug-likeness (QED) is 0.405. The number of amides is 2. The second kappa shape index (κ2) is 11.6. The monoisotopic (exact) mass is 490 g/mol. The zero-order chi connectivity index (χ0) is 24.8. The number of rotatable bonds is 9. The first-order chi connectivity index (χ1) is 17.0. The van der Waals surface area contributed by atoms with Crippen molar-refractivity contribution in [1.82, 2.24) is 9.80 Å². The Bertz CT molecular complexity index is 1130. The van der Waals surface area contributed by atoms with Crippen LogP contribution in [0.5, 0.6) is 0 Å². The van der Waals surface area contributed by atoms with Crippen molar-refractivity contribution in [1.29, 1.82) is 0 Å². The molecule has 0 spiro atoms. The first-order valence-corrected chi connectivity index (χ1v) is 13.2. The Kier molecular flexibility index (Phi) is 8.37. The number of ether oxygens (including phenoxy) is 1. The maximum Gasteiger partial charge on any atom is 0.249 e. The molecule has 0 saturated carbocycles. The molecule has 2 atom stereocenters. The number of aryl methyl sites for hydroxylation is 1. The molecule has 1 aliphatic heterocycles. The highest BCUT2D eigenvalue weighted by atomic mass is 32.1. The molecule has 35 heavy (non-hydrogen) atoms. The molecule has 0 bridgehead atoms. The summed E-state index contributed by atoms with van der Waals surface area (Å²) in [5.74, 6) is -0.173. The van der Waals surface area contributed by atoms with Crippen molar-refractivity contribution in [3.63, 3.8) is 0 Å². The molecule has 4 rings (SSSR count). The lowest BCUT2D eigenvalue weighted by atomic mass is 9.92. The second-order valence-corrected chi connectivity index (χ2v) is 10.2. The number of carbonyl (C=O) groups is 2. The molecular weight excluding hydrogens is 456 g/mol. The van der Waals surface area contributed by atoms with Crippen LogP contribution >= 0.6 is 11.3 Å². The van der Waals surface area contributed by atoms with Crippen LogP contribution in [0.15, 0.2) is 66.0 Å². The van der Waals surface area contributed by atoms with Crippen molar-refractivity contribution < 1.29 is 14.3 Å². The summed E-state index contributed by atoms with van der Waals surface area (Å²) in [7, 11) is 0. The van der Waals surface area contributed by atoms with Crippen molar-refractivity contribution in [2.24, 2.45) is 0 Å². The van der Waals surface area contributed by atoms with E-state index in [-0.39, 0.29) is 37.0 Å². The highest BCUT2D eigenvalue weighted by molar-refractivity contribution is 7.10. The van der Waals surface area contributed by atoms with Gasteiger partial charge in [-0.25, -0.2) is 0 Å². The number of benzene rings is 2. The molecule has 0 fully saturated rings. The van der Waals surface area contributed by atoms with Crippen molar-refractivity contribution in [2.75, 3.05) is 19.7 Å². The molecule has 5 nitrogen and oxygen atoms in total. The van der Waals surface area contributed by atoms with Gasteiger partial charge in [0, 0.05) is 17.5 Å². The van der Waals surface area contributed by atoms with Crippen LogP contribution in [0.1, 0.15) is 53.4 Å². The van der Waals surface area contributed by atoms with Crippen LogP contribution in [0.3, 0.4) is 0 Å². The van der Waals surface area contributed by atoms with Gasteiger partial charge in [0.25, 0.3) is 0 Å². The Hall–Kier alpha value is -2.96. The third-order valence-corrected chi connectivity index (χ3v) is 7.76. The van der Waals surface area contributed by atoms with Gasteiger partial charge in [-0.3, -0.25) is 9.59 Å². The summed E-state index contributed by atoms with van der Waals surface area (Å²) in [5.41, 5.74) is 4.52. The zero-order valence-electron chi connectivity index (χ0n) is 20.8. The molecular formula is C29H34N2O3S. The van der Waals surface area contributed by atoms with Crippen LogP contribution in [0, 0.1) is 6.92 Å². The molecule has 3 aromatic rings. The highest BCUT2D eigenvalue weighted by Crippen LogP contribution is 2.38. The van der Waals surface area contributed by atoms with Gasteiger partial charge in [-0.05, 0) is 54.8 Å². The Morgan fingerprint density at radius 2 is 1.86 bits per heavy atom. The van der Waals surface area contributed by atoms with E-state index in [0.717, 1.165) is 24.0 Å². The van der Waals surface area contributed by atoms with Crippen molar-refractivity contribution in [2.45, 2.75) is 52.3 Å². The van der Waals surface area contributed by atoms with Gasteiger partial charge in [-0.15, -0.1) is 11.3 Å². The minimum atomic E-state index is -0.149. The van der Waals surface area contributed by atoms with Gasteiger partial charge in [0.05, 0.1) is 12.6 Å². The highest BCUT2D eigenvalue weighted by Gasteiger charge is 2.34. The molecule has 2 heterocycles. The van der Waals surface area contributed by atoms with E-state index in [1.807, 2.05) is 49.1 Å². The van der Waals surface area contributed by atoms with Crippen molar-refractivity contribution >= 4 is 23.2 Å². The topological polar surface area (TPSA) is 49.9 Å². The average Bonchev–Trinajstić information content (AvgIpc) is 3.36. The Balaban J connectivity index is 1.49. The normalized spacial score (nSPS) is 16.0. The third kappa shape index (κ3) is 6.00. The Morgan fingerprint density at radius 1 is 1.11 bits per heavy atom. The Labute approximate surface area is 212 Å². The lowest BCUT2D eigenvalue weighted by molar-refractivity contribution is -0.146. The molecule has 1 aliphatic rings. The first-order valence-electron chi connectivity index (χ1n) is 12.3. The van der Waals surface area contributed by atoms with E-state index in [1.165, 1.54) is 16.0 Å². The van der Waals surface area contributed by atoms with Crippen LogP contribution in [0.2, 0.25) is 0 Å². The molecule has 2 amide bonds. The molecule has 2 aromatic carbocycles. The maximum atomic E-state index is 13.7. The molecule has 6 heteroatoms. The number of thiophene rings is 1. The summed E-state index contributed by atoms with van der Waals surface area (Å²) in [5, 5.41) is 2.11. The van der Waals surface area contributed by atoms with Gasteiger partial charge in [0.2, 0.25) is 11.8 Å². The SMILES string of the molecule is CCC(C)N(CC(=O)N1CCc2sccc2C1c1ccc(C)cc1)C(=O)COCc1ccccc1. The standard InChI is InChI=1S/C29H34N2O3S/c1-4-22(3)31(28(33)20-34-19-23-8-6-5-7-9-23)18-27(32)30-16-14-26-25(15-17-35-26)29(30)24-12-10-21(2)11-13-24/h5-13,15,17,22,29H,4,14,16,18-20H2,1-3H3. The number of nitrogens with zero attached hydrogens (tertiary/aromatic N) is 2. The molecule has 184 valence electrons. The van der Waals surface area contributed by atoms with Gasteiger partial charge in [-0.1, -0.05) is 67.1 Å². The summed E-state index contributed by atoms with van der Waals surface area (Å²) < 4.78 is 5.71. The maximum absolute atomic E-state index is 13.7. The smallest absolute Gasteiger partial charge is 0.249 e. The average molecular weight is 491 g/mol. The largest absolute Gasteiger partial charge is 0.367 e. The number of hydrogen-bond donors (Lipinski definition) is 0. The molecule has 1 aromatic heterocycles. The lowest BCUT2D eigenvalue weighted by Gasteiger charge is -2.38. The molecule has 0 N–H and O–H groups in total. The molecule has 0 saturated heterocycles. The van der Waals surface area contributed by atoms with E-state index in [1.54, 1.807) is 16.2 Å². The van der Waals surface area contributed by atoms with Gasteiger partial charge < -0.3 is 14.5 Å². The molecule has 0 aliphatic carbocycles. The fourth-order valence-electron chi connectivity index (χ4n) is 4.55. The summed E-state index contributed by atoms with van der Waals surface area (Å²) in [4.78, 5) is 31.8. The summed E-state index contributed by atoms with van der Waals surface area (Å²) in [6, 6.07) is 20.2. The predicted octanol–water partition coefficient (Wildman–Crippen LogP) is 5.37. The zero-order valence-corrected chi connectivity index (χ0v) is 21.6. The van der Waals surface area contributed by atoms with E-state index in [9.17, 15) is 9.59 Å². The van der Waals surface area contributed by atoms with E-state index in [4.69, 9.17) is 4.74 Å². The van der Waals surface area contributed by atoms with E-state index < -0.39 is 0 Å². The number of carbonyl (C=O) groups excluding carboxylic acids is 2. The lowest BCUT2D eigenvalue weighted by Crippen LogP contribution is -2.50. The first kappa shape index (κ1) is 25.1. The minimum absolute atomic E-state index is 0.0239. The summed E-state index contributed by atoms with van der Waals surface area (Å²) in [6.07, 6.45) is 1.62. The van der Waals surface area contributed by atoms with Crippen LogP contribution in [-0.2, 0) is 27.4 Å². The van der Waals surface area contributed by atoms with Gasteiger partial charge in [-0.2, -0.15) is 0 Å².